The van der Waals surface area contributed by atoms with E-state index in [4.69, 9.17) is 5.73 Å². The van der Waals surface area contributed by atoms with Crippen molar-refractivity contribution < 1.29 is 14.0 Å². The molecule has 0 aliphatic carbocycles. The minimum Gasteiger partial charge on any atom is -0.369 e. The minimum absolute atomic E-state index is 0.0112. The van der Waals surface area contributed by atoms with Gasteiger partial charge in [-0.1, -0.05) is 6.92 Å². The molecule has 176 valence electrons. The second kappa shape index (κ2) is 9.75. The molecule has 7 nitrogen and oxygen atoms in total. The number of nitrogens with two attached hydrogens (primary N) is 1. The van der Waals surface area contributed by atoms with Crippen LogP contribution in [0.2, 0.25) is 0 Å². The van der Waals surface area contributed by atoms with E-state index >= 15 is 0 Å². The van der Waals surface area contributed by atoms with Gasteiger partial charge in [0, 0.05) is 57.5 Å². The summed E-state index contributed by atoms with van der Waals surface area (Å²) in [7, 11) is 0. The highest BCUT2D eigenvalue weighted by atomic mass is 19.1. The number of halogens is 1. The van der Waals surface area contributed by atoms with Crippen LogP contribution in [0, 0.1) is 11.2 Å². The maximum Gasteiger partial charge on any atom is 0.239 e. The third kappa shape index (κ3) is 4.91. The Morgan fingerprint density at radius 2 is 1.81 bits per heavy atom. The Morgan fingerprint density at radius 3 is 2.44 bits per heavy atom. The lowest BCUT2D eigenvalue weighted by molar-refractivity contribution is -0.139. The van der Waals surface area contributed by atoms with E-state index in [0.717, 1.165) is 64.1 Å². The van der Waals surface area contributed by atoms with E-state index in [9.17, 15) is 14.0 Å². The van der Waals surface area contributed by atoms with Crippen LogP contribution in [0.15, 0.2) is 24.3 Å². The van der Waals surface area contributed by atoms with E-state index in [1.165, 1.54) is 12.1 Å². The molecule has 3 heterocycles. The minimum atomic E-state index is -0.433. The number of nitrogens with one attached hydrogen (secondary N) is 1. The van der Waals surface area contributed by atoms with Crippen LogP contribution in [-0.4, -0.2) is 79.5 Å². The lowest BCUT2D eigenvalue weighted by Gasteiger charge is -2.38. The molecule has 3 aliphatic heterocycles. The van der Waals surface area contributed by atoms with E-state index in [-0.39, 0.29) is 29.1 Å². The number of carbonyl (C=O) groups is 2. The SMILES string of the molecule is CC[C@H](N)C(=O)N1CCC2(CC1)C[C@H](CCN1CCN(c3ccc(F)cc3)CC1)NC2=O. The van der Waals surface area contributed by atoms with Crippen molar-refractivity contribution in [3.63, 3.8) is 0 Å². The smallest absolute Gasteiger partial charge is 0.239 e. The van der Waals surface area contributed by atoms with Gasteiger partial charge in [-0.2, -0.15) is 0 Å². The molecule has 0 bridgehead atoms. The summed E-state index contributed by atoms with van der Waals surface area (Å²) in [5, 5.41) is 3.23. The first-order valence-electron chi connectivity index (χ1n) is 12.0. The van der Waals surface area contributed by atoms with Crippen LogP contribution in [0.3, 0.4) is 0 Å². The number of hydrogen-bond acceptors (Lipinski definition) is 5. The number of carbonyl (C=O) groups excluding carboxylic acids is 2. The molecule has 3 aliphatic rings. The van der Waals surface area contributed by atoms with Gasteiger partial charge in [0.15, 0.2) is 0 Å². The first kappa shape index (κ1) is 23.0. The summed E-state index contributed by atoms with van der Waals surface area (Å²) in [6, 6.07) is 6.48. The van der Waals surface area contributed by atoms with Gasteiger partial charge in [-0.15, -0.1) is 0 Å². The Kier molecular flexibility index (Phi) is 7.00. The molecular weight excluding hydrogens is 409 g/mol. The Labute approximate surface area is 190 Å². The highest BCUT2D eigenvalue weighted by Gasteiger charge is 2.48. The molecule has 0 unspecified atom stereocenters. The number of rotatable bonds is 6. The summed E-state index contributed by atoms with van der Waals surface area (Å²) in [4.78, 5) is 31.8. The van der Waals surface area contributed by atoms with Crippen molar-refractivity contribution in [1.29, 1.82) is 0 Å². The number of benzene rings is 1. The summed E-state index contributed by atoms with van der Waals surface area (Å²) in [6.45, 7) is 7.93. The van der Waals surface area contributed by atoms with Gasteiger partial charge in [0.05, 0.1) is 11.5 Å². The van der Waals surface area contributed by atoms with Crippen molar-refractivity contribution in [3.05, 3.63) is 30.1 Å². The highest BCUT2D eigenvalue weighted by Crippen LogP contribution is 2.41. The molecule has 0 saturated carbocycles. The summed E-state index contributed by atoms with van der Waals surface area (Å²) in [5.41, 5.74) is 6.66. The maximum atomic E-state index is 13.1. The van der Waals surface area contributed by atoms with Crippen molar-refractivity contribution in [2.75, 3.05) is 50.7 Å². The number of anilines is 1. The van der Waals surface area contributed by atoms with Crippen LogP contribution in [0.5, 0.6) is 0 Å². The van der Waals surface area contributed by atoms with Crippen LogP contribution in [-0.2, 0) is 9.59 Å². The molecule has 2 amide bonds. The largest absolute Gasteiger partial charge is 0.369 e. The number of likely N-dealkylation sites (tertiary alicyclic amines) is 1. The fourth-order valence-corrected chi connectivity index (χ4v) is 5.34. The monoisotopic (exact) mass is 445 g/mol. The zero-order chi connectivity index (χ0) is 22.7. The van der Waals surface area contributed by atoms with Gasteiger partial charge in [-0.05, 0) is 56.4 Å². The van der Waals surface area contributed by atoms with E-state index in [2.05, 4.69) is 15.1 Å². The van der Waals surface area contributed by atoms with Crippen LogP contribution in [0.4, 0.5) is 10.1 Å². The number of amides is 2. The van der Waals surface area contributed by atoms with Gasteiger partial charge in [-0.3, -0.25) is 14.5 Å². The quantitative estimate of drug-likeness (QED) is 0.695. The summed E-state index contributed by atoms with van der Waals surface area (Å²) >= 11 is 0. The van der Waals surface area contributed by atoms with E-state index < -0.39 is 6.04 Å². The molecule has 2 atom stereocenters. The van der Waals surface area contributed by atoms with Crippen molar-refractivity contribution >= 4 is 17.5 Å². The molecule has 4 rings (SSSR count). The molecule has 1 spiro atoms. The second-order valence-corrected chi connectivity index (χ2v) is 9.59. The zero-order valence-electron chi connectivity index (χ0n) is 19.1. The zero-order valence-corrected chi connectivity index (χ0v) is 19.1. The normalized spacial score (nSPS) is 24.6. The molecular formula is C24H36FN5O2. The lowest BCUT2D eigenvalue weighted by atomic mass is 9.75. The standard InChI is InChI=1S/C24H36FN5O2/c1-2-21(26)22(31)30-11-8-24(9-12-30)17-19(27-23(24)32)7-10-28-13-15-29(16-14-28)20-5-3-18(25)4-6-20/h3-6,19,21H,2,7-17,26H2,1H3,(H,27,32)/t19-,21-/m0/s1. The van der Waals surface area contributed by atoms with Gasteiger partial charge < -0.3 is 20.9 Å². The van der Waals surface area contributed by atoms with Crippen LogP contribution < -0.4 is 16.0 Å². The third-order valence-electron chi connectivity index (χ3n) is 7.60. The third-order valence-corrected chi connectivity index (χ3v) is 7.60. The fourth-order valence-electron chi connectivity index (χ4n) is 5.34. The Morgan fingerprint density at radius 1 is 1.16 bits per heavy atom. The Balaban J connectivity index is 1.21. The average Bonchev–Trinajstić information content (AvgIpc) is 3.12. The lowest BCUT2D eigenvalue weighted by Crippen LogP contribution is -2.50. The number of piperazine rings is 1. The van der Waals surface area contributed by atoms with Crippen molar-refractivity contribution in [1.82, 2.24) is 15.1 Å². The van der Waals surface area contributed by atoms with Crippen LogP contribution in [0.25, 0.3) is 0 Å². The molecule has 0 aromatic heterocycles. The highest BCUT2D eigenvalue weighted by molar-refractivity contribution is 5.86. The number of nitrogens with zero attached hydrogens (tertiary/aromatic N) is 3. The summed E-state index contributed by atoms with van der Waals surface area (Å²) in [5.74, 6) is -0.0295. The van der Waals surface area contributed by atoms with E-state index in [0.29, 0.717) is 19.5 Å². The van der Waals surface area contributed by atoms with Crippen molar-refractivity contribution in [2.24, 2.45) is 11.1 Å². The Hall–Kier alpha value is -2.19. The van der Waals surface area contributed by atoms with Crippen LogP contribution in [0.1, 0.15) is 39.0 Å². The molecule has 3 fully saturated rings. The molecule has 32 heavy (non-hydrogen) atoms. The van der Waals surface area contributed by atoms with E-state index in [1.54, 1.807) is 0 Å². The van der Waals surface area contributed by atoms with E-state index in [1.807, 2.05) is 24.0 Å². The second-order valence-electron chi connectivity index (χ2n) is 9.59. The van der Waals surface area contributed by atoms with Gasteiger partial charge in [0.1, 0.15) is 5.82 Å². The van der Waals surface area contributed by atoms with Crippen LogP contribution >= 0.6 is 0 Å². The predicted octanol–water partition coefficient (Wildman–Crippen LogP) is 1.57. The molecule has 1 aromatic carbocycles. The predicted molar refractivity (Wildman–Crippen MR) is 123 cm³/mol. The molecule has 3 N–H and O–H groups in total. The Bertz CT molecular complexity index is 801. The van der Waals surface area contributed by atoms with Gasteiger partial charge in [-0.25, -0.2) is 4.39 Å². The topological polar surface area (TPSA) is 81.9 Å². The molecule has 1 aromatic rings. The molecule has 0 radical (unpaired) electrons. The first-order valence-corrected chi connectivity index (χ1v) is 12.0. The molecule has 3 saturated heterocycles. The number of hydrogen-bond donors (Lipinski definition) is 2. The number of piperidine rings is 1. The fraction of sp³-hybridized carbons (Fsp3) is 0.667. The maximum absolute atomic E-state index is 13.1. The average molecular weight is 446 g/mol. The van der Waals surface area contributed by atoms with Gasteiger partial charge in [0.25, 0.3) is 0 Å². The van der Waals surface area contributed by atoms with Gasteiger partial charge in [0.2, 0.25) is 11.8 Å². The molecule has 8 heteroatoms. The summed E-state index contributed by atoms with van der Waals surface area (Å²) < 4.78 is 13.1. The first-order chi connectivity index (χ1) is 15.4. The summed E-state index contributed by atoms with van der Waals surface area (Å²) in [6.07, 6.45) is 3.92. The van der Waals surface area contributed by atoms with Gasteiger partial charge >= 0.3 is 0 Å². The van der Waals surface area contributed by atoms with Crippen molar-refractivity contribution in [3.8, 4) is 0 Å². The van der Waals surface area contributed by atoms with Crippen molar-refractivity contribution in [2.45, 2.75) is 51.1 Å².